The first kappa shape index (κ1) is 12.5. The quantitative estimate of drug-likeness (QED) is 0.843. The Morgan fingerprint density at radius 3 is 2.94 bits per heavy atom. The van der Waals surface area contributed by atoms with Crippen LogP contribution < -0.4 is 5.32 Å². The number of nitrogens with one attached hydrogen (secondary N) is 1. The fourth-order valence-corrected chi connectivity index (χ4v) is 2.39. The van der Waals surface area contributed by atoms with Crippen molar-refractivity contribution in [2.75, 3.05) is 25.0 Å². The molecule has 94 valence electrons. The van der Waals surface area contributed by atoms with E-state index in [4.69, 9.17) is 0 Å². The van der Waals surface area contributed by atoms with Gasteiger partial charge < -0.3 is 10.4 Å². The van der Waals surface area contributed by atoms with E-state index < -0.39 is 5.60 Å². The third kappa shape index (κ3) is 3.76. The van der Waals surface area contributed by atoms with E-state index in [1.165, 1.54) is 11.3 Å². The van der Waals surface area contributed by atoms with Gasteiger partial charge in [-0.15, -0.1) is 11.3 Å². The normalized spacial score (nSPS) is 20.1. The second-order valence-corrected chi connectivity index (χ2v) is 5.55. The minimum Gasteiger partial charge on any atom is -0.390 e. The Morgan fingerprint density at radius 2 is 2.35 bits per heavy atom. The van der Waals surface area contributed by atoms with Gasteiger partial charge in [-0.2, -0.15) is 0 Å². The third-order valence-electron chi connectivity index (χ3n) is 2.98. The van der Waals surface area contributed by atoms with Gasteiger partial charge in [-0.3, -0.25) is 9.69 Å². The number of carbonyl (C=O) groups is 1. The van der Waals surface area contributed by atoms with Crippen molar-refractivity contribution >= 4 is 22.4 Å². The molecule has 0 bridgehead atoms. The van der Waals surface area contributed by atoms with E-state index in [-0.39, 0.29) is 5.91 Å². The second-order valence-electron chi connectivity index (χ2n) is 4.66. The molecule has 0 aromatic carbocycles. The van der Waals surface area contributed by atoms with Crippen molar-refractivity contribution in [1.29, 1.82) is 0 Å². The first-order valence-electron chi connectivity index (χ1n) is 5.69. The number of aromatic nitrogens is 1. The molecule has 1 aliphatic heterocycles. The maximum Gasteiger partial charge on any atom is 0.240 e. The van der Waals surface area contributed by atoms with Gasteiger partial charge in [0.05, 0.1) is 12.1 Å². The highest BCUT2D eigenvalue weighted by Gasteiger charge is 2.27. The lowest BCUT2D eigenvalue weighted by molar-refractivity contribution is -0.118. The van der Waals surface area contributed by atoms with Crippen LogP contribution in [0.15, 0.2) is 11.6 Å². The van der Waals surface area contributed by atoms with Gasteiger partial charge in [0.25, 0.3) is 0 Å². The van der Waals surface area contributed by atoms with Crippen molar-refractivity contribution in [2.45, 2.75) is 25.4 Å². The minimum absolute atomic E-state index is 0.0403. The van der Waals surface area contributed by atoms with Crippen molar-refractivity contribution in [3.63, 3.8) is 0 Å². The summed E-state index contributed by atoms with van der Waals surface area (Å²) in [6.45, 7) is 3.74. The molecular weight excluding hydrogens is 238 g/mol. The van der Waals surface area contributed by atoms with Gasteiger partial charge in [0, 0.05) is 24.7 Å². The molecule has 1 aromatic rings. The molecule has 0 unspecified atom stereocenters. The molecule has 2 heterocycles. The van der Waals surface area contributed by atoms with Gasteiger partial charge in [-0.25, -0.2) is 4.98 Å². The highest BCUT2D eigenvalue weighted by Crippen LogP contribution is 2.20. The van der Waals surface area contributed by atoms with Gasteiger partial charge in [0.2, 0.25) is 5.91 Å². The van der Waals surface area contributed by atoms with E-state index >= 15 is 0 Å². The SMILES string of the molecule is CC1(O)CCN(CC(=O)Nc2nccs2)CC1. The Kier molecular flexibility index (Phi) is 3.76. The highest BCUT2D eigenvalue weighted by atomic mass is 32.1. The molecule has 2 rings (SSSR count). The van der Waals surface area contributed by atoms with Gasteiger partial charge in [0.1, 0.15) is 0 Å². The second kappa shape index (κ2) is 5.12. The molecule has 2 N–H and O–H groups in total. The average Bonchev–Trinajstić information content (AvgIpc) is 2.74. The van der Waals surface area contributed by atoms with Gasteiger partial charge >= 0.3 is 0 Å². The molecule has 0 radical (unpaired) electrons. The lowest BCUT2D eigenvalue weighted by Gasteiger charge is -2.35. The van der Waals surface area contributed by atoms with Crippen LogP contribution in [-0.4, -0.2) is 46.1 Å². The highest BCUT2D eigenvalue weighted by molar-refractivity contribution is 7.13. The number of nitrogens with zero attached hydrogens (tertiary/aromatic N) is 2. The number of likely N-dealkylation sites (tertiary alicyclic amines) is 1. The summed E-state index contributed by atoms with van der Waals surface area (Å²) >= 11 is 1.41. The molecule has 0 aliphatic carbocycles. The lowest BCUT2D eigenvalue weighted by atomic mass is 9.94. The van der Waals surface area contributed by atoms with Crippen LogP contribution in [0.5, 0.6) is 0 Å². The van der Waals surface area contributed by atoms with E-state index in [9.17, 15) is 9.90 Å². The largest absolute Gasteiger partial charge is 0.390 e. The van der Waals surface area contributed by atoms with E-state index in [0.29, 0.717) is 11.7 Å². The Hall–Kier alpha value is -0.980. The number of hydrogen-bond acceptors (Lipinski definition) is 5. The molecular formula is C11H17N3O2S. The molecule has 1 amide bonds. The number of anilines is 1. The number of thiazole rings is 1. The maximum atomic E-state index is 11.7. The predicted molar refractivity (Wildman–Crippen MR) is 67.0 cm³/mol. The fraction of sp³-hybridized carbons (Fsp3) is 0.636. The Labute approximate surface area is 104 Å². The Balaban J connectivity index is 1.76. The molecule has 1 aliphatic rings. The molecule has 5 nitrogen and oxygen atoms in total. The summed E-state index contributed by atoms with van der Waals surface area (Å²) in [7, 11) is 0. The molecule has 1 aromatic heterocycles. The van der Waals surface area contributed by atoms with E-state index in [0.717, 1.165) is 25.9 Å². The first-order valence-corrected chi connectivity index (χ1v) is 6.57. The van der Waals surface area contributed by atoms with Gasteiger partial charge in [0.15, 0.2) is 5.13 Å². The third-order valence-corrected chi connectivity index (χ3v) is 3.67. The Bertz CT molecular complexity index is 368. The minimum atomic E-state index is -0.567. The zero-order valence-corrected chi connectivity index (χ0v) is 10.7. The van der Waals surface area contributed by atoms with Crippen molar-refractivity contribution in [3.8, 4) is 0 Å². The molecule has 0 atom stereocenters. The summed E-state index contributed by atoms with van der Waals surface area (Å²) < 4.78 is 0. The molecule has 0 saturated carbocycles. The van der Waals surface area contributed by atoms with Crippen LogP contribution in [0.2, 0.25) is 0 Å². The van der Waals surface area contributed by atoms with Crippen LogP contribution in [-0.2, 0) is 4.79 Å². The van der Waals surface area contributed by atoms with E-state index in [2.05, 4.69) is 15.2 Å². The van der Waals surface area contributed by atoms with Crippen LogP contribution in [0.3, 0.4) is 0 Å². The molecule has 17 heavy (non-hydrogen) atoms. The Morgan fingerprint density at radius 1 is 1.65 bits per heavy atom. The van der Waals surface area contributed by atoms with E-state index in [1.54, 1.807) is 6.20 Å². The molecule has 0 spiro atoms. The summed E-state index contributed by atoms with van der Waals surface area (Å²) in [5, 5.41) is 15.0. The smallest absolute Gasteiger partial charge is 0.240 e. The number of piperidine rings is 1. The van der Waals surface area contributed by atoms with Crippen molar-refractivity contribution in [1.82, 2.24) is 9.88 Å². The summed E-state index contributed by atoms with van der Waals surface area (Å²) in [6, 6.07) is 0. The zero-order valence-electron chi connectivity index (χ0n) is 9.85. The summed E-state index contributed by atoms with van der Waals surface area (Å²) in [5.41, 5.74) is -0.567. The van der Waals surface area contributed by atoms with Crippen LogP contribution in [0, 0.1) is 0 Å². The number of rotatable bonds is 3. The average molecular weight is 255 g/mol. The monoisotopic (exact) mass is 255 g/mol. The first-order chi connectivity index (χ1) is 8.05. The van der Waals surface area contributed by atoms with Crippen LogP contribution in [0.4, 0.5) is 5.13 Å². The molecule has 1 saturated heterocycles. The number of amides is 1. The van der Waals surface area contributed by atoms with E-state index in [1.807, 2.05) is 12.3 Å². The lowest BCUT2D eigenvalue weighted by Crippen LogP contribution is -2.45. The summed E-state index contributed by atoms with van der Waals surface area (Å²) in [6.07, 6.45) is 3.10. The topological polar surface area (TPSA) is 65.5 Å². The number of hydrogen-bond donors (Lipinski definition) is 2. The van der Waals surface area contributed by atoms with Gasteiger partial charge in [-0.1, -0.05) is 0 Å². The van der Waals surface area contributed by atoms with Crippen LogP contribution in [0.1, 0.15) is 19.8 Å². The summed E-state index contributed by atoms with van der Waals surface area (Å²) in [5.74, 6) is -0.0403. The van der Waals surface area contributed by atoms with Gasteiger partial charge in [-0.05, 0) is 19.8 Å². The van der Waals surface area contributed by atoms with Crippen LogP contribution >= 0.6 is 11.3 Å². The molecule has 6 heteroatoms. The van der Waals surface area contributed by atoms with Crippen molar-refractivity contribution in [3.05, 3.63) is 11.6 Å². The van der Waals surface area contributed by atoms with Crippen molar-refractivity contribution in [2.24, 2.45) is 0 Å². The number of carbonyl (C=O) groups excluding carboxylic acids is 1. The maximum absolute atomic E-state index is 11.7. The summed E-state index contributed by atoms with van der Waals surface area (Å²) in [4.78, 5) is 17.7. The zero-order chi connectivity index (χ0) is 12.3. The van der Waals surface area contributed by atoms with Crippen molar-refractivity contribution < 1.29 is 9.90 Å². The van der Waals surface area contributed by atoms with Crippen LogP contribution in [0.25, 0.3) is 0 Å². The fourth-order valence-electron chi connectivity index (χ4n) is 1.84. The predicted octanol–water partition coefficient (Wildman–Crippen LogP) is 0.928. The molecule has 1 fully saturated rings. The standard InChI is InChI=1S/C11H17N3O2S/c1-11(16)2-5-14(6-3-11)8-9(15)13-10-12-4-7-17-10/h4,7,16H,2-3,5-6,8H2,1H3,(H,12,13,15). The number of aliphatic hydroxyl groups is 1.